The molecule has 1 aromatic heterocycles. The summed E-state index contributed by atoms with van der Waals surface area (Å²) in [6.07, 6.45) is 0. The molecule has 6 nitrogen and oxygen atoms in total. The Morgan fingerprint density at radius 3 is 2.54 bits per heavy atom. The number of nitrogens with zero attached hydrogens (tertiary/aromatic N) is 2. The number of carboxylic acid groups (broad SMARTS) is 1. The van der Waals surface area contributed by atoms with Crippen molar-refractivity contribution in [3.05, 3.63) is 41.6 Å². The molecule has 122 valence electrons. The van der Waals surface area contributed by atoms with Crippen molar-refractivity contribution in [3.8, 4) is 0 Å². The first kappa shape index (κ1) is 18.5. The molecule has 3 rings (SSSR count). The summed E-state index contributed by atoms with van der Waals surface area (Å²) < 4.78 is 0. The summed E-state index contributed by atoms with van der Waals surface area (Å²) in [6, 6.07) is 8.79. The van der Waals surface area contributed by atoms with Gasteiger partial charge in [0.2, 0.25) is 0 Å². The Morgan fingerprint density at radius 2 is 1.96 bits per heavy atom. The molecular weight excluding hydrogens is 501 g/mol. The number of rotatable bonds is 3. The van der Waals surface area contributed by atoms with E-state index in [9.17, 15) is 14.7 Å². The van der Waals surface area contributed by atoms with Crippen molar-refractivity contribution >= 4 is 55.9 Å². The molecule has 1 aromatic carbocycles. The molecule has 1 atom stereocenters. The summed E-state index contributed by atoms with van der Waals surface area (Å²) in [5.74, 6) is -1.15. The van der Waals surface area contributed by atoms with Gasteiger partial charge in [0, 0.05) is 32.7 Å². The van der Waals surface area contributed by atoms with Crippen LogP contribution in [-0.2, 0) is 4.79 Å². The zero-order chi connectivity index (χ0) is 16.8. The number of fused-ring (bicyclic) bond motifs is 1. The number of para-hydroxylation sites is 1. The van der Waals surface area contributed by atoms with Gasteiger partial charge in [-0.2, -0.15) is 0 Å². The van der Waals surface area contributed by atoms with Gasteiger partial charge < -0.3 is 10.4 Å². The van der Waals surface area contributed by atoms with Crippen LogP contribution in [0.1, 0.15) is 36.8 Å². The third-order valence-electron chi connectivity index (χ3n) is 4.34. The number of hydrogen-bond acceptors (Lipinski definition) is 4. The van der Waals surface area contributed by atoms with Crippen LogP contribution in [0.2, 0.25) is 0 Å². The van der Waals surface area contributed by atoms with Crippen LogP contribution >= 0.6 is 0 Å². The number of pyridine rings is 1. The van der Waals surface area contributed by atoms with E-state index in [1.54, 1.807) is 25.1 Å². The first-order valence-corrected chi connectivity index (χ1v) is 7.37. The van der Waals surface area contributed by atoms with Gasteiger partial charge in [-0.25, -0.2) is 14.8 Å². The number of amides is 1. The van der Waals surface area contributed by atoms with Crippen molar-refractivity contribution in [2.24, 2.45) is 10.9 Å². The Morgan fingerprint density at radius 1 is 1.29 bits per heavy atom. The van der Waals surface area contributed by atoms with Gasteiger partial charge in [0.1, 0.15) is 11.2 Å². The summed E-state index contributed by atoms with van der Waals surface area (Å²) >= 11 is 0. The van der Waals surface area contributed by atoms with Gasteiger partial charge in [-0.3, -0.25) is 4.79 Å². The molecule has 1 aliphatic rings. The predicted molar refractivity (Wildman–Crippen MR) is 92.4 cm³/mol. The van der Waals surface area contributed by atoms with Crippen molar-refractivity contribution < 1.29 is 14.7 Å². The van der Waals surface area contributed by atoms with Gasteiger partial charge in [0.15, 0.2) is 5.84 Å². The van der Waals surface area contributed by atoms with Crippen molar-refractivity contribution in [1.29, 1.82) is 0 Å². The summed E-state index contributed by atoms with van der Waals surface area (Å²) in [4.78, 5) is 32.7. The smallest absolute Gasteiger partial charge is 0.338 e. The molecule has 0 spiro atoms. The molecule has 1 unspecified atom stereocenters. The molecule has 0 aliphatic carbocycles. The minimum atomic E-state index is -1.10. The molecule has 0 saturated carbocycles. The molecule has 24 heavy (non-hydrogen) atoms. The van der Waals surface area contributed by atoms with Crippen molar-refractivity contribution in [2.45, 2.75) is 26.3 Å². The number of hydrogen-bond donors (Lipinski definition) is 2. The maximum Gasteiger partial charge on any atom is 0.338 e. The molecule has 0 bridgehead atoms. The largest absolute Gasteiger partial charge is 0.478 e. The summed E-state index contributed by atoms with van der Waals surface area (Å²) in [5, 5.41) is 12.9. The number of nitrogens with one attached hydrogen (secondary N) is 1. The number of amidine groups is 1. The van der Waals surface area contributed by atoms with Crippen LogP contribution in [0, 0.1) is 5.92 Å². The third-order valence-corrected chi connectivity index (χ3v) is 4.34. The first-order valence-electron chi connectivity index (χ1n) is 7.37. The van der Waals surface area contributed by atoms with E-state index in [2.05, 4.69) is 15.3 Å². The maximum atomic E-state index is 12.3. The van der Waals surface area contributed by atoms with E-state index < -0.39 is 11.5 Å². The first-order chi connectivity index (χ1) is 10.8. The van der Waals surface area contributed by atoms with Crippen LogP contribution in [0.4, 0.5) is 0 Å². The fraction of sp³-hybridized carbons (Fsp3) is 0.294. The molecule has 7 heteroatoms. The average molecular weight is 519 g/mol. The summed E-state index contributed by atoms with van der Waals surface area (Å²) in [5.41, 5.74) is -0.0504. The van der Waals surface area contributed by atoms with Gasteiger partial charge in [0.25, 0.3) is 5.91 Å². The number of carbonyl (C=O) groups is 2. The van der Waals surface area contributed by atoms with E-state index in [1.807, 2.05) is 26.0 Å². The second-order valence-corrected chi connectivity index (χ2v) is 6.10. The fourth-order valence-corrected chi connectivity index (χ4v) is 2.51. The zero-order valence-electron chi connectivity index (χ0n) is 13.6. The van der Waals surface area contributed by atoms with E-state index in [0.29, 0.717) is 5.52 Å². The van der Waals surface area contributed by atoms with Crippen molar-refractivity contribution in [2.75, 3.05) is 0 Å². The summed E-state index contributed by atoms with van der Waals surface area (Å²) in [6.45, 7) is 5.54. The monoisotopic (exact) mass is 519 g/mol. The van der Waals surface area contributed by atoms with Gasteiger partial charge in [-0.15, -0.1) is 0 Å². The molecule has 0 fully saturated rings. The summed E-state index contributed by atoms with van der Waals surface area (Å²) in [7, 11) is 0. The minimum absolute atomic E-state index is 0. The van der Waals surface area contributed by atoms with Gasteiger partial charge in [-0.05, 0) is 25.0 Å². The number of benzene rings is 1. The van der Waals surface area contributed by atoms with Crippen LogP contribution < -0.4 is 5.32 Å². The van der Waals surface area contributed by atoms with Crippen molar-refractivity contribution in [3.63, 3.8) is 0 Å². The number of aromatic carboxylic acids is 1. The van der Waals surface area contributed by atoms with E-state index >= 15 is 0 Å². The number of aromatic nitrogens is 1. The van der Waals surface area contributed by atoms with Crippen LogP contribution in [0.5, 0.6) is 0 Å². The molecule has 0 saturated heterocycles. The molecular formula is C17H17N3O3Pb. The van der Waals surface area contributed by atoms with E-state index in [0.717, 1.165) is 5.39 Å². The van der Waals surface area contributed by atoms with Crippen molar-refractivity contribution in [1.82, 2.24) is 10.3 Å². The molecule has 4 radical (unpaired) electrons. The standard InChI is InChI=1S/C17H17N3O3.Pb/c1-9(2)17(3)16(23)19-14(20-17)13-11(15(21)22)8-10-6-4-5-7-12(10)18-13;/h4-9H,1-3H3,(H,21,22)(H,19,20,23);. The number of carbonyl (C=O) groups excluding carboxylic acids is 1. The second-order valence-electron chi connectivity index (χ2n) is 6.10. The Hall–Kier alpha value is -1.84. The number of aliphatic imine (C=N–C) groups is 1. The second kappa shape index (κ2) is 6.58. The number of carboxylic acids is 1. The van der Waals surface area contributed by atoms with Crippen LogP contribution in [0.25, 0.3) is 10.9 Å². The maximum absolute atomic E-state index is 12.3. The minimum Gasteiger partial charge on any atom is -0.478 e. The predicted octanol–water partition coefficient (Wildman–Crippen LogP) is 1.84. The van der Waals surface area contributed by atoms with Gasteiger partial charge in [-0.1, -0.05) is 32.0 Å². The Bertz CT molecular complexity index is 863. The quantitative estimate of drug-likeness (QED) is 0.607. The molecule has 1 aliphatic heterocycles. The van der Waals surface area contributed by atoms with Crippen LogP contribution in [0.15, 0.2) is 35.3 Å². The Balaban J connectivity index is 0.00000208. The normalized spacial score (nSPS) is 19.8. The molecule has 2 aromatic rings. The molecule has 1 amide bonds. The molecule has 2 heterocycles. The van der Waals surface area contributed by atoms with E-state index in [-0.39, 0.29) is 56.2 Å². The zero-order valence-corrected chi connectivity index (χ0v) is 17.5. The van der Waals surface area contributed by atoms with Gasteiger partial charge in [0.05, 0.1) is 11.1 Å². The SMILES string of the molecule is CC(C)C1(C)N=C(c2nc3ccccc3cc2C(=O)O)NC1=O.[Pb]. The van der Waals surface area contributed by atoms with Gasteiger partial charge >= 0.3 is 5.97 Å². The van der Waals surface area contributed by atoms with Crippen LogP contribution in [0.3, 0.4) is 0 Å². The average Bonchev–Trinajstić information content (AvgIpc) is 2.82. The topological polar surface area (TPSA) is 91.7 Å². The Labute approximate surface area is 159 Å². The van der Waals surface area contributed by atoms with Crippen LogP contribution in [-0.4, -0.2) is 60.6 Å². The van der Waals surface area contributed by atoms with E-state index in [4.69, 9.17) is 0 Å². The fourth-order valence-electron chi connectivity index (χ4n) is 2.51. The Kier molecular flexibility index (Phi) is 5.07. The third kappa shape index (κ3) is 2.94. The molecule has 2 N–H and O–H groups in total. The van der Waals surface area contributed by atoms with E-state index in [1.165, 1.54) is 0 Å².